The Kier molecular flexibility index (Phi) is 6.36. The van der Waals surface area contributed by atoms with E-state index in [2.05, 4.69) is 13.0 Å². The second-order valence-electron chi connectivity index (χ2n) is 8.12. The third kappa shape index (κ3) is 3.69. The molecule has 2 saturated carbocycles. The van der Waals surface area contributed by atoms with E-state index in [0.29, 0.717) is 35.4 Å². The van der Waals surface area contributed by atoms with Gasteiger partial charge in [0.2, 0.25) is 0 Å². The third-order valence-electron chi connectivity index (χ3n) is 6.41. The normalized spacial score (nSPS) is 29.3. The smallest absolute Gasteiger partial charge is 0.166 e. The minimum atomic E-state index is -0.291. The molecule has 0 N–H and O–H groups in total. The van der Waals surface area contributed by atoms with Gasteiger partial charge in [0.05, 0.1) is 22.7 Å². The molecular weight excluding hydrogens is 369 g/mol. The molecule has 2 fully saturated rings. The standard InChI is InChI=1S/C21H27Cl2NO2/c1-21(15-8-4-5-9-15)13-14-12-16(26-11-7-3-2-6-10-24)18(22)19(23)17(14)20(21)25/h14-15H,2-9,11-13H2,1H3. The SMILES string of the molecule is CC1(C2CCCC2)CC2CC(OCCCCCC#N)=C(Cl)C(Cl)=C2C1=O. The molecule has 3 aliphatic rings. The molecule has 3 aliphatic carbocycles. The van der Waals surface area contributed by atoms with E-state index in [-0.39, 0.29) is 17.1 Å². The Labute approximate surface area is 166 Å². The summed E-state index contributed by atoms with van der Waals surface area (Å²) in [6.07, 6.45) is 9.63. The Morgan fingerprint density at radius 1 is 1.19 bits per heavy atom. The first-order valence-corrected chi connectivity index (χ1v) is 10.6. The lowest BCUT2D eigenvalue weighted by Gasteiger charge is -2.29. The average Bonchev–Trinajstić information content (AvgIpc) is 3.24. The highest BCUT2D eigenvalue weighted by Crippen LogP contribution is 2.56. The Bertz CT molecular complexity index is 670. The van der Waals surface area contributed by atoms with Crippen molar-refractivity contribution < 1.29 is 9.53 Å². The quantitative estimate of drug-likeness (QED) is 0.480. The zero-order chi connectivity index (χ0) is 18.7. The Morgan fingerprint density at radius 2 is 1.92 bits per heavy atom. The molecule has 0 aliphatic heterocycles. The van der Waals surface area contributed by atoms with Crippen molar-refractivity contribution >= 4 is 29.0 Å². The van der Waals surface area contributed by atoms with Gasteiger partial charge < -0.3 is 4.74 Å². The lowest BCUT2D eigenvalue weighted by atomic mass is 9.73. The minimum absolute atomic E-state index is 0.136. The fraction of sp³-hybridized carbons (Fsp3) is 0.714. The molecule has 5 heteroatoms. The van der Waals surface area contributed by atoms with Gasteiger partial charge in [-0.2, -0.15) is 5.26 Å². The average molecular weight is 396 g/mol. The minimum Gasteiger partial charge on any atom is -0.496 e. The fourth-order valence-electron chi connectivity index (χ4n) is 4.92. The summed E-state index contributed by atoms with van der Waals surface area (Å²) >= 11 is 13.0. The van der Waals surface area contributed by atoms with Gasteiger partial charge in [0.15, 0.2) is 5.78 Å². The first-order chi connectivity index (χ1) is 12.5. The molecule has 2 atom stereocenters. The van der Waals surface area contributed by atoms with Gasteiger partial charge in [0.25, 0.3) is 0 Å². The maximum absolute atomic E-state index is 13.2. The van der Waals surface area contributed by atoms with E-state index >= 15 is 0 Å². The van der Waals surface area contributed by atoms with Crippen LogP contribution in [0.2, 0.25) is 0 Å². The zero-order valence-electron chi connectivity index (χ0n) is 15.5. The summed E-state index contributed by atoms with van der Waals surface area (Å²) in [4.78, 5) is 13.2. The number of ketones is 1. The number of fused-ring (bicyclic) bond motifs is 1. The van der Waals surface area contributed by atoms with E-state index in [1.54, 1.807) is 0 Å². The van der Waals surface area contributed by atoms with Gasteiger partial charge in [-0.15, -0.1) is 0 Å². The molecule has 0 radical (unpaired) electrons. The van der Waals surface area contributed by atoms with Gasteiger partial charge in [0, 0.05) is 23.8 Å². The maximum atomic E-state index is 13.2. The van der Waals surface area contributed by atoms with Crippen LogP contribution in [0.1, 0.15) is 71.1 Å². The predicted molar refractivity (Wildman–Crippen MR) is 104 cm³/mol. The highest BCUT2D eigenvalue weighted by atomic mass is 35.5. The summed E-state index contributed by atoms with van der Waals surface area (Å²) in [5, 5.41) is 9.39. The monoisotopic (exact) mass is 395 g/mol. The summed E-state index contributed by atoms with van der Waals surface area (Å²) < 4.78 is 5.92. The fourth-order valence-corrected chi connectivity index (χ4v) is 5.50. The number of nitrogens with zero attached hydrogens (tertiary/aromatic N) is 1. The Balaban J connectivity index is 1.66. The van der Waals surface area contributed by atoms with Crippen molar-refractivity contribution in [2.24, 2.45) is 17.3 Å². The molecule has 142 valence electrons. The second kappa shape index (κ2) is 8.36. The summed E-state index contributed by atoms with van der Waals surface area (Å²) in [6, 6.07) is 2.15. The van der Waals surface area contributed by atoms with Crippen LogP contribution in [0.15, 0.2) is 21.4 Å². The van der Waals surface area contributed by atoms with Gasteiger partial charge in [-0.3, -0.25) is 4.79 Å². The van der Waals surface area contributed by atoms with E-state index in [0.717, 1.165) is 49.9 Å². The van der Waals surface area contributed by atoms with Crippen LogP contribution < -0.4 is 0 Å². The van der Waals surface area contributed by atoms with Crippen molar-refractivity contribution in [3.63, 3.8) is 0 Å². The number of carbonyl (C=O) groups is 1. The van der Waals surface area contributed by atoms with Gasteiger partial charge in [0.1, 0.15) is 5.76 Å². The van der Waals surface area contributed by atoms with Gasteiger partial charge >= 0.3 is 0 Å². The molecule has 0 saturated heterocycles. The van der Waals surface area contributed by atoms with Crippen molar-refractivity contribution in [2.75, 3.05) is 6.61 Å². The number of carbonyl (C=O) groups excluding carboxylic acids is 1. The number of hydrogen-bond acceptors (Lipinski definition) is 3. The van der Waals surface area contributed by atoms with Gasteiger partial charge in [-0.25, -0.2) is 0 Å². The number of rotatable bonds is 7. The van der Waals surface area contributed by atoms with Crippen molar-refractivity contribution in [3.8, 4) is 6.07 Å². The van der Waals surface area contributed by atoms with Crippen LogP contribution in [0.5, 0.6) is 0 Å². The summed E-state index contributed by atoms with van der Waals surface area (Å²) in [7, 11) is 0. The van der Waals surface area contributed by atoms with E-state index in [1.165, 1.54) is 12.8 Å². The van der Waals surface area contributed by atoms with Crippen molar-refractivity contribution in [3.05, 3.63) is 21.4 Å². The largest absolute Gasteiger partial charge is 0.496 e. The molecule has 0 aromatic carbocycles. The zero-order valence-corrected chi connectivity index (χ0v) is 17.0. The number of ether oxygens (including phenoxy) is 1. The molecule has 0 aromatic rings. The van der Waals surface area contributed by atoms with Crippen molar-refractivity contribution in [1.82, 2.24) is 0 Å². The highest BCUT2D eigenvalue weighted by molar-refractivity contribution is 6.45. The second-order valence-corrected chi connectivity index (χ2v) is 8.87. The maximum Gasteiger partial charge on any atom is 0.166 e. The molecule has 0 spiro atoms. The van der Waals surface area contributed by atoms with Gasteiger partial charge in [-0.05, 0) is 50.4 Å². The number of unbranched alkanes of at least 4 members (excludes halogenated alkanes) is 3. The summed E-state index contributed by atoms with van der Waals surface area (Å²) in [6.45, 7) is 2.71. The first-order valence-electron chi connectivity index (χ1n) is 9.82. The number of halogens is 2. The van der Waals surface area contributed by atoms with E-state index in [9.17, 15) is 4.79 Å². The Morgan fingerprint density at radius 3 is 2.62 bits per heavy atom. The molecule has 2 unspecified atom stereocenters. The molecule has 0 aromatic heterocycles. The molecule has 0 bridgehead atoms. The lowest BCUT2D eigenvalue weighted by Crippen LogP contribution is -2.30. The van der Waals surface area contributed by atoms with Crippen molar-refractivity contribution in [2.45, 2.75) is 71.1 Å². The van der Waals surface area contributed by atoms with Crippen molar-refractivity contribution in [1.29, 1.82) is 5.26 Å². The number of Topliss-reactive ketones (excluding diaryl/α,β-unsaturated/α-hetero) is 1. The van der Waals surface area contributed by atoms with Gasteiger partial charge in [-0.1, -0.05) is 43.0 Å². The predicted octanol–water partition coefficient (Wildman–Crippen LogP) is 6.22. The summed E-state index contributed by atoms with van der Waals surface area (Å²) in [5.74, 6) is 1.56. The number of nitriles is 1. The number of allylic oxidation sites excluding steroid dienone is 4. The first kappa shape index (κ1) is 19.8. The topological polar surface area (TPSA) is 50.1 Å². The highest BCUT2D eigenvalue weighted by Gasteiger charge is 2.53. The third-order valence-corrected chi connectivity index (χ3v) is 7.30. The molecular formula is C21H27Cl2NO2. The molecule has 0 amide bonds. The van der Waals surface area contributed by atoms with Crippen LogP contribution in [0.25, 0.3) is 0 Å². The van der Waals surface area contributed by atoms with Crippen LogP contribution in [0, 0.1) is 28.6 Å². The van der Waals surface area contributed by atoms with Crippen LogP contribution in [0.4, 0.5) is 0 Å². The van der Waals surface area contributed by atoms with E-state index in [4.69, 9.17) is 33.2 Å². The van der Waals surface area contributed by atoms with E-state index < -0.39 is 0 Å². The van der Waals surface area contributed by atoms with Crippen LogP contribution in [0.3, 0.4) is 0 Å². The van der Waals surface area contributed by atoms with Crippen LogP contribution >= 0.6 is 23.2 Å². The van der Waals surface area contributed by atoms with E-state index in [1.807, 2.05) is 0 Å². The summed E-state index contributed by atoms with van der Waals surface area (Å²) in [5.41, 5.74) is 0.452. The molecule has 26 heavy (non-hydrogen) atoms. The van der Waals surface area contributed by atoms with Crippen LogP contribution in [-0.2, 0) is 9.53 Å². The molecule has 3 rings (SSSR count). The molecule has 0 heterocycles. The number of hydrogen-bond donors (Lipinski definition) is 0. The van der Waals surface area contributed by atoms with Crippen LogP contribution in [-0.4, -0.2) is 12.4 Å². The lowest BCUT2D eigenvalue weighted by molar-refractivity contribution is -0.124. The molecule has 3 nitrogen and oxygen atoms in total. The Hall–Kier alpha value is -0.980.